The number of anilines is 5. The van der Waals surface area contributed by atoms with Crippen molar-refractivity contribution in [2.45, 2.75) is 83.2 Å². The Morgan fingerprint density at radius 3 is 2.32 bits per heavy atom. The van der Waals surface area contributed by atoms with Gasteiger partial charge in [0.25, 0.3) is 11.5 Å². The van der Waals surface area contributed by atoms with E-state index in [0.29, 0.717) is 97.8 Å². The van der Waals surface area contributed by atoms with Gasteiger partial charge in [-0.3, -0.25) is 28.5 Å². The van der Waals surface area contributed by atoms with Crippen LogP contribution in [0.1, 0.15) is 85.8 Å². The molecule has 452 valence electrons. The molecule has 4 heterocycles. The van der Waals surface area contributed by atoms with Crippen molar-refractivity contribution >= 4 is 86.6 Å². The molecule has 2 aliphatic heterocycles. The van der Waals surface area contributed by atoms with E-state index in [1.807, 2.05) is 50.8 Å². The smallest absolute Gasteiger partial charge is 0.257 e. The number of piperazine rings is 1. The molecule has 2 fully saturated rings. The fraction of sp³-hybridized carbons (Fsp3) is 0.323. The van der Waals surface area contributed by atoms with Gasteiger partial charge in [0.15, 0.2) is 5.65 Å². The van der Waals surface area contributed by atoms with Crippen molar-refractivity contribution in [1.29, 1.82) is 5.26 Å². The van der Waals surface area contributed by atoms with Crippen LogP contribution >= 0.6 is 23.2 Å². The minimum Gasteiger partial charge on any atom is -0.495 e. The molecule has 5 aromatic carbocycles. The van der Waals surface area contributed by atoms with Crippen LogP contribution in [0.4, 0.5) is 37.5 Å². The van der Waals surface area contributed by atoms with E-state index < -0.39 is 46.4 Å². The number of halogens is 4. The molecular formula is C65H67Cl2F2N11O7. The average Bonchev–Trinajstić information content (AvgIpc) is 1.62. The first-order valence-corrected chi connectivity index (χ1v) is 29.2. The van der Waals surface area contributed by atoms with Crippen LogP contribution < -0.4 is 46.5 Å². The van der Waals surface area contributed by atoms with Crippen molar-refractivity contribution in [2.24, 2.45) is 5.41 Å². The molecule has 5 N–H and O–H groups in total. The van der Waals surface area contributed by atoms with E-state index >= 15 is 8.78 Å². The predicted octanol–water partition coefficient (Wildman–Crippen LogP) is 11.2. The molecule has 0 aliphatic carbocycles. The second kappa shape index (κ2) is 26.8. The Morgan fingerprint density at radius 1 is 0.874 bits per heavy atom. The number of amides is 4. The van der Waals surface area contributed by atoms with Crippen LogP contribution in [0.25, 0.3) is 16.7 Å². The summed E-state index contributed by atoms with van der Waals surface area (Å²) in [5.74, 6) is -3.38. The number of methoxy groups -OCH3 is 2. The van der Waals surface area contributed by atoms with E-state index in [0.717, 1.165) is 17.8 Å². The molecule has 22 heteroatoms. The van der Waals surface area contributed by atoms with Gasteiger partial charge in [-0.15, -0.1) is 0 Å². The van der Waals surface area contributed by atoms with E-state index in [-0.39, 0.29) is 73.8 Å². The maximum atomic E-state index is 16.2. The summed E-state index contributed by atoms with van der Waals surface area (Å²) in [6.45, 7) is 13.8. The fourth-order valence-corrected chi connectivity index (χ4v) is 11.9. The third kappa shape index (κ3) is 13.7. The van der Waals surface area contributed by atoms with Crippen molar-refractivity contribution in [1.82, 2.24) is 30.1 Å². The van der Waals surface area contributed by atoms with Gasteiger partial charge in [0.05, 0.1) is 48.4 Å². The number of hydrogen-bond donors (Lipinski definition) is 5. The number of carbonyl (C=O) groups is 4. The molecule has 0 saturated carbocycles. The van der Waals surface area contributed by atoms with E-state index in [1.165, 1.54) is 66.3 Å². The van der Waals surface area contributed by atoms with Crippen molar-refractivity contribution in [2.75, 3.05) is 67.8 Å². The lowest BCUT2D eigenvalue weighted by Gasteiger charge is -2.37. The third-order valence-electron chi connectivity index (χ3n) is 15.8. The van der Waals surface area contributed by atoms with Crippen molar-refractivity contribution < 1.29 is 37.4 Å². The summed E-state index contributed by atoms with van der Waals surface area (Å²) < 4.78 is 45.3. The highest BCUT2D eigenvalue weighted by Crippen LogP contribution is 2.53. The Labute approximate surface area is 512 Å². The first-order valence-electron chi connectivity index (χ1n) is 28.4. The van der Waals surface area contributed by atoms with Gasteiger partial charge in [-0.2, -0.15) is 10.2 Å². The van der Waals surface area contributed by atoms with Gasteiger partial charge >= 0.3 is 0 Å². The van der Waals surface area contributed by atoms with Crippen LogP contribution in [0.3, 0.4) is 0 Å². The number of aromatic nitrogens is 3. The molecule has 18 nitrogen and oxygen atoms in total. The summed E-state index contributed by atoms with van der Waals surface area (Å²) in [4.78, 5) is 80.3. The molecule has 4 amide bonds. The Kier molecular flexibility index (Phi) is 19.3. The topological polar surface area (TPSA) is 225 Å². The molecule has 0 spiro atoms. The van der Waals surface area contributed by atoms with Crippen LogP contribution in [-0.4, -0.2) is 102 Å². The molecule has 4 atom stereocenters. The standard InChI is InChI=1S/C65H67Cl2F2N11O7/c1-8-54(81)73-41-14-12-15-43(33-41)80-56(83)30-38(2)45-36-72-63(77-60(45)80)75-50-24-21-42(34-52(50)87-7)78-26-28-79(29-27-78)55(82)18-10-9-11-25-71-61(84)39-19-23-49(51(31-39)86-6)74-62(85)59-57(44-16-13-17-47(67)58(44)69)65(37-70,53(76-59)35-64(3,4)5)46-22-20-40(66)32-48(46)68/h8,12-17,19-24,30-34,36,53,57,59,76H,1,9-11,18,25-29,35H2,2-7H3,(H,71,84)(H,73,81)(H,74,85)(H,72,75,77)/t53-,57-,59+,65-/m0/s1. The first kappa shape index (κ1) is 62.6. The van der Waals surface area contributed by atoms with Gasteiger partial charge in [0.2, 0.25) is 23.7 Å². The number of fused-ring (bicyclic) bond motifs is 1. The Morgan fingerprint density at radius 2 is 1.61 bits per heavy atom. The molecule has 2 aliphatic rings. The van der Waals surface area contributed by atoms with Crippen molar-refractivity contribution in [3.63, 3.8) is 0 Å². The average molecular weight is 1220 g/mol. The highest BCUT2D eigenvalue weighted by molar-refractivity contribution is 6.31. The number of carbonyl (C=O) groups excluding carboxylic acids is 4. The zero-order valence-electron chi connectivity index (χ0n) is 49.0. The van der Waals surface area contributed by atoms with Crippen molar-refractivity contribution in [3.05, 3.63) is 176 Å². The zero-order valence-corrected chi connectivity index (χ0v) is 50.5. The molecule has 0 unspecified atom stereocenters. The molecule has 0 bridgehead atoms. The van der Waals surface area contributed by atoms with Gasteiger partial charge in [-0.05, 0) is 116 Å². The van der Waals surface area contributed by atoms with Gasteiger partial charge < -0.3 is 45.9 Å². The summed E-state index contributed by atoms with van der Waals surface area (Å²) in [7, 11) is 2.95. The van der Waals surface area contributed by atoms with E-state index in [4.69, 9.17) is 37.7 Å². The quantitative estimate of drug-likeness (QED) is 0.0354. The summed E-state index contributed by atoms with van der Waals surface area (Å²) in [5.41, 5.74) is 1.33. The second-order valence-corrected chi connectivity index (χ2v) is 23.6. The largest absolute Gasteiger partial charge is 0.495 e. The fourth-order valence-electron chi connectivity index (χ4n) is 11.5. The molecule has 9 rings (SSSR count). The highest BCUT2D eigenvalue weighted by Gasteiger charge is 2.61. The van der Waals surface area contributed by atoms with E-state index in [1.54, 1.807) is 37.6 Å². The van der Waals surface area contributed by atoms with Crippen molar-refractivity contribution in [3.8, 4) is 23.3 Å². The lowest BCUT2D eigenvalue weighted by Crippen LogP contribution is -2.48. The highest BCUT2D eigenvalue weighted by atomic mass is 35.5. The summed E-state index contributed by atoms with van der Waals surface area (Å²) >= 11 is 12.5. The normalized spacial score (nSPS) is 17.5. The lowest BCUT2D eigenvalue weighted by atomic mass is 9.62. The number of ether oxygens (including phenoxy) is 2. The number of nitrogens with zero attached hydrogens (tertiary/aromatic N) is 6. The minimum atomic E-state index is -1.83. The molecule has 0 radical (unpaired) electrons. The number of aryl methyl sites for hydroxylation is 1. The van der Waals surface area contributed by atoms with Crippen LogP contribution in [-0.2, 0) is 19.8 Å². The second-order valence-electron chi connectivity index (χ2n) is 22.7. The lowest BCUT2D eigenvalue weighted by molar-refractivity contribution is -0.131. The van der Waals surface area contributed by atoms with E-state index in [9.17, 15) is 29.2 Å². The third-order valence-corrected chi connectivity index (χ3v) is 16.3. The molecule has 2 saturated heterocycles. The molecule has 87 heavy (non-hydrogen) atoms. The monoisotopic (exact) mass is 1220 g/mol. The number of unbranched alkanes of at least 4 members (excludes halogenated alkanes) is 2. The number of nitrogens with one attached hydrogen (secondary N) is 5. The van der Waals surface area contributed by atoms with Crippen LogP contribution in [0.5, 0.6) is 11.5 Å². The Hall–Kier alpha value is -8.90. The van der Waals surface area contributed by atoms with Crippen LogP contribution in [0.15, 0.2) is 127 Å². The van der Waals surface area contributed by atoms with E-state index in [2.05, 4.69) is 49.1 Å². The zero-order chi connectivity index (χ0) is 62.3. The van der Waals surface area contributed by atoms with Gasteiger partial charge in [0.1, 0.15) is 28.5 Å². The number of hydrogen-bond acceptors (Lipinski definition) is 13. The predicted molar refractivity (Wildman–Crippen MR) is 334 cm³/mol. The number of nitriles is 1. The summed E-state index contributed by atoms with van der Waals surface area (Å²) in [5, 5.41) is 26.8. The van der Waals surface area contributed by atoms with Crippen LogP contribution in [0, 0.1) is 35.3 Å². The van der Waals surface area contributed by atoms with Crippen LogP contribution in [0.2, 0.25) is 10.0 Å². The van der Waals surface area contributed by atoms with Gasteiger partial charge in [-0.25, -0.2) is 13.8 Å². The summed E-state index contributed by atoms with van der Waals surface area (Å²) in [6, 6.07) is 27.1. The SMILES string of the molecule is C=CC(=O)Nc1cccc(-n2c(=O)cc(C)c3cnc(Nc4ccc(N5CCN(C(=O)CCCCCNC(=O)c6ccc(NC(=O)[C@@H]7N[C@@H](CC(C)(C)C)[C@](C#N)(c8ccc(Cl)cc8F)[C@H]7c7cccc(Cl)c7F)c(OC)c6)CC5)cc4OC)nc32)c1. The van der Waals surface area contributed by atoms with Gasteiger partial charge in [-0.1, -0.05) is 81.2 Å². The summed E-state index contributed by atoms with van der Waals surface area (Å²) in [6.07, 6.45) is 5.40. The first-order chi connectivity index (χ1) is 41.7. The number of rotatable bonds is 20. The Bertz CT molecular complexity index is 3900. The molecule has 2 aromatic heterocycles. The molecule has 7 aromatic rings. The number of benzene rings is 5. The minimum absolute atomic E-state index is 0.0514. The maximum absolute atomic E-state index is 16.2. The van der Waals surface area contributed by atoms with Gasteiger partial charge in [0, 0.05) is 102 Å². The number of pyridine rings is 1. The Balaban J connectivity index is 0.766. The molecular weight excluding hydrogens is 1160 g/mol. The maximum Gasteiger partial charge on any atom is 0.257 e.